The van der Waals surface area contributed by atoms with E-state index in [1.54, 1.807) is 6.92 Å². The summed E-state index contributed by atoms with van der Waals surface area (Å²) >= 11 is 0. The Labute approximate surface area is 60.4 Å². The fourth-order valence-corrected chi connectivity index (χ4v) is 1.46. The highest BCUT2D eigenvalue weighted by Gasteiger charge is 2.35. The van der Waals surface area contributed by atoms with Gasteiger partial charge in [0, 0.05) is 0 Å². The van der Waals surface area contributed by atoms with Crippen molar-refractivity contribution in [2.45, 2.75) is 44.2 Å². The summed E-state index contributed by atoms with van der Waals surface area (Å²) in [4.78, 5) is 10.2. The highest BCUT2D eigenvalue weighted by Crippen LogP contribution is 2.29. The molecule has 0 spiro atoms. The molecule has 1 saturated carbocycles. The summed E-state index contributed by atoms with van der Waals surface area (Å²) in [6.45, 7) is 1.69. The molecule has 10 heavy (non-hydrogen) atoms. The Morgan fingerprint density at radius 2 is 2.30 bits per heavy atom. The van der Waals surface area contributed by atoms with E-state index in [0.29, 0.717) is 6.42 Å². The Hall–Kier alpha value is -0.440. The van der Waals surface area contributed by atoms with Crippen molar-refractivity contribution >= 4 is 0 Å². The van der Waals surface area contributed by atoms with Gasteiger partial charge in [0.15, 0.2) is 0 Å². The van der Waals surface area contributed by atoms with Crippen molar-refractivity contribution in [3.63, 3.8) is 0 Å². The third-order valence-corrected chi connectivity index (χ3v) is 2.26. The first kappa shape index (κ1) is 7.66. The van der Waals surface area contributed by atoms with E-state index in [1.807, 2.05) is 0 Å². The van der Waals surface area contributed by atoms with Crippen molar-refractivity contribution in [3.8, 4) is 0 Å². The lowest BCUT2D eigenvalue weighted by atomic mass is 9.82. The Morgan fingerprint density at radius 1 is 1.60 bits per heavy atom. The number of nitroso groups, excluding NO2 is 1. The zero-order chi connectivity index (χ0) is 7.61. The van der Waals surface area contributed by atoms with Crippen molar-refractivity contribution < 1.29 is 5.11 Å². The van der Waals surface area contributed by atoms with Crippen LogP contribution in [0.2, 0.25) is 0 Å². The molecule has 0 aromatic carbocycles. The number of hydrogen-bond donors (Lipinski definition) is 1. The van der Waals surface area contributed by atoms with Gasteiger partial charge in [0.05, 0.1) is 5.60 Å². The van der Waals surface area contributed by atoms with Crippen LogP contribution in [0.4, 0.5) is 0 Å². The predicted octanol–water partition coefficient (Wildman–Crippen LogP) is 1.45. The van der Waals surface area contributed by atoms with E-state index in [2.05, 4.69) is 5.18 Å². The fourth-order valence-electron chi connectivity index (χ4n) is 1.46. The van der Waals surface area contributed by atoms with Crippen molar-refractivity contribution in [1.82, 2.24) is 0 Å². The van der Waals surface area contributed by atoms with Gasteiger partial charge in [-0.2, -0.15) is 4.91 Å². The molecule has 0 heterocycles. The van der Waals surface area contributed by atoms with Crippen LogP contribution >= 0.6 is 0 Å². The van der Waals surface area contributed by atoms with Crippen LogP contribution in [0.5, 0.6) is 0 Å². The summed E-state index contributed by atoms with van der Waals surface area (Å²) in [6.07, 6.45) is 3.49. The number of aliphatic hydroxyl groups is 1. The summed E-state index contributed by atoms with van der Waals surface area (Å²) in [5.41, 5.74) is -0.833. The van der Waals surface area contributed by atoms with E-state index < -0.39 is 5.60 Å². The van der Waals surface area contributed by atoms with Gasteiger partial charge in [-0.05, 0) is 19.8 Å². The quantitative estimate of drug-likeness (QED) is 0.565. The van der Waals surface area contributed by atoms with Gasteiger partial charge < -0.3 is 5.11 Å². The monoisotopic (exact) mass is 143 g/mol. The molecule has 3 heteroatoms. The SMILES string of the molecule is C[C@@]1(O)CCCCC1N=O. The molecule has 0 saturated heterocycles. The normalized spacial score (nSPS) is 41.2. The largest absolute Gasteiger partial charge is 0.388 e. The van der Waals surface area contributed by atoms with Gasteiger partial charge in [0.2, 0.25) is 0 Å². The molecule has 0 aliphatic heterocycles. The second-order valence-corrected chi connectivity index (χ2v) is 3.22. The summed E-state index contributed by atoms with van der Waals surface area (Å²) < 4.78 is 0. The molecule has 1 unspecified atom stereocenters. The van der Waals surface area contributed by atoms with Gasteiger partial charge in [0.25, 0.3) is 0 Å². The molecule has 0 bridgehead atoms. The molecule has 1 fully saturated rings. The third kappa shape index (κ3) is 1.34. The molecular weight excluding hydrogens is 130 g/mol. The first-order chi connectivity index (χ1) is 4.67. The highest BCUT2D eigenvalue weighted by atomic mass is 16.3. The number of hydrogen-bond acceptors (Lipinski definition) is 3. The van der Waals surface area contributed by atoms with Gasteiger partial charge >= 0.3 is 0 Å². The molecule has 1 aliphatic rings. The van der Waals surface area contributed by atoms with Crippen LogP contribution in [0.25, 0.3) is 0 Å². The minimum absolute atomic E-state index is 0.374. The second-order valence-electron chi connectivity index (χ2n) is 3.22. The van der Waals surface area contributed by atoms with Crippen LogP contribution in [-0.2, 0) is 0 Å². The molecule has 2 atom stereocenters. The third-order valence-electron chi connectivity index (χ3n) is 2.26. The minimum Gasteiger partial charge on any atom is -0.388 e. The highest BCUT2D eigenvalue weighted by molar-refractivity contribution is 4.90. The predicted molar refractivity (Wildman–Crippen MR) is 38.7 cm³/mol. The average molecular weight is 143 g/mol. The first-order valence-corrected chi connectivity index (χ1v) is 3.71. The smallest absolute Gasteiger partial charge is 0.120 e. The lowest BCUT2D eigenvalue weighted by molar-refractivity contribution is 0.00394. The lowest BCUT2D eigenvalue weighted by Gasteiger charge is -2.31. The Kier molecular flexibility index (Phi) is 2.04. The van der Waals surface area contributed by atoms with E-state index in [-0.39, 0.29) is 6.04 Å². The standard InChI is InChI=1S/C7H13NO2/c1-7(9)5-3-2-4-6(7)8-10/h6,9H,2-5H2,1H3/t6?,7-/m1/s1. The fraction of sp³-hybridized carbons (Fsp3) is 1.00. The van der Waals surface area contributed by atoms with Gasteiger partial charge in [-0.15, -0.1) is 0 Å². The van der Waals surface area contributed by atoms with Crippen LogP contribution in [0.1, 0.15) is 32.6 Å². The van der Waals surface area contributed by atoms with Gasteiger partial charge in [-0.1, -0.05) is 18.0 Å². The molecule has 1 N–H and O–H groups in total. The van der Waals surface area contributed by atoms with Crippen molar-refractivity contribution in [2.75, 3.05) is 0 Å². The maximum Gasteiger partial charge on any atom is 0.120 e. The molecule has 0 aromatic heterocycles. The van der Waals surface area contributed by atoms with Crippen molar-refractivity contribution in [1.29, 1.82) is 0 Å². The van der Waals surface area contributed by atoms with E-state index in [9.17, 15) is 10.0 Å². The van der Waals surface area contributed by atoms with Crippen LogP contribution in [-0.4, -0.2) is 16.7 Å². The molecular formula is C7H13NO2. The molecule has 1 rings (SSSR count). The summed E-state index contributed by atoms with van der Waals surface area (Å²) in [7, 11) is 0. The van der Waals surface area contributed by atoms with E-state index in [1.165, 1.54) is 0 Å². The lowest BCUT2D eigenvalue weighted by Crippen LogP contribution is -2.40. The number of rotatable bonds is 1. The van der Waals surface area contributed by atoms with Crippen LogP contribution in [0.3, 0.4) is 0 Å². The molecule has 58 valence electrons. The van der Waals surface area contributed by atoms with Crippen LogP contribution in [0.15, 0.2) is 5.18 Å². The zero-order valence-corrected chi connectivity index (χ0v) is 6.21. The molecule has 1 aliphatic carbocycles. The molecule has 0 radical (unpaired) electrons. The van der Waals surface area contributed by atoms with Crippen LogP contribution < -0.4 is 0 Å². The summed E-state index contributed by atoms with van der Waals surface area (Å²) in [5, 5.41) is 12.4. The second kappa shape index (κ2) is 2.66. The van der Waals surface area contributed by atoms with Crippen molar-refractivity contribution in [2.24, 2.45) is 5.18 Å². The molecule has 0 aromatic rings. The minimum atomic E-state index is -0.833. The topological polar surface area (TPSA) is 49.7 Å². The summed E-state index contributed by atoms with van der Waals surface area (Å²) in [5.74, 6) is 0. The maximum absolute atomic E-state index is 10.2. The van der Waals surface area contributed by atoms with E-state index in [0.717, 1.165) is 19.3 Å². The Morgan fingerprint density at radius 3 is 2.70 bits per heavy atom. The Balaban J connectivity index is 2.59. The van der Waals surface area contributed by atoms with Crippen molar-refractivity contribution in [3.05, 3.63) is 4.91 Å². The molecule has 0 amide bonds. The first-order valence-electron chi connectivity index (χ1n) is 3.71. The average Bonchev–Trinajstić information content (AvgIpc) is 1.87. The number of nitrogens with zero attached hydrogens (tertiary/aromatic N) is 1. The zero-order valence-electron chi connectivity index (χ0n) is 6.21. The van der Waals surface area contributed by atoms with Gasteiger partial charge in [0.1, 0.15) is 6.04 Å². The molecule has 3 nitrogen and oxygen atoms in total. The van der Waals surface area contributed by atoms with E-state index in [4.69, 9.17) is 0 Å². The Bertz CT molecular complexity index is 134. The van der Waals surface area contributed by atoms with Gasteiger partial charge in [-0.25, -0.2) is 0 Å². The van der Waals surface area contributed by atoms with Crippen LogP contribution in [0, 0.1) is 4.91 Å². The summed E-state index contributed by atoms with van der Waals surface area (Å²) in [6, 6.07) is -0.374. The van der Waals surface area contributed by atoms with E-state index >= 15 is 0 Å². The maximum atomic E-state index is 10.2. The van der Waals surface area contributed by atoms with Gasteiger partial charge in [-0.3, -0.25) is 0 Å².